The van der Waals surface area contributed by atoms with Crippen LogP contribution < -0.4 is 14.2 Å². The van der Waals surface area contributed by atoms with Gasteiger partial charge in [-0.1, -0.05) is 42.5 Å². The first-order chi connectivity index (χ1) is 10.3. The average molecular weight is 284 g/mol. The van der Waals surface area contributed by atoms with Gasteiger partial charge in [-0.25, -0.2) is 0 Å². The van der Waals surface area contributed by atoms with Crippen molar-refractivity contribution >= 4 is 6.08 Å². The molecular weight excluding hydrogens is 264 g/mol. The molecule has 0 unspecified atom stereocenters. The van der Waals surface area contributed by atoms with Crippen molar-refractivity contribution < 1.29 is 14.2 Å². The van der Waals surface area contributed by atoms with Crippen LogP contribution >= 0.6 is 0 Å². The van der Waals surface area contributed by atoms with Gasteiger partial charge >= 0.3 is 0 Å². The Morgan fingerprint density at radius 1 is 0.857 bits per heavy atom. The van der Waals surface area contributed by atoms with E-state index >= 15 is 0 Å². The van der Waals surface area contributed by atoms with Gasteiger partial charge in [-0.2, -0.15) is 0 Å². The Morgan fingerprint density at radius 2 is 1.48 bits per heavy atom. The van der Waals surface area contributed by atoms with Crippen LogP contribution in [-0.4, -0.2) is 21.3 Å². The van der Waals surface area contributed by atoms with E-state index in [-0.39, 0.29) is 0 Å². The highest BCUT2D eigenvalue weighted by Gasteiger charge is 2.11. The summed E-state index contributed by atoms with van der Waals surface area (Å²) in [6, 6.07) is 14.2. The molecule has 3 heteroatoms. The molecule has 0 aliphatic rings. The second-order valence-corrected chi connectivity index (χ2v) is 4.55. The largest absolute Gasteiger partial charge is 0.493 e. The van der Waals surface area contributed by atoms with E-state index in [4.69, 9.17) is 14.2 Å². The summed E-state index contributed by atoms with van der Waals surface area (Å²) in [6.07, 6.45) is 5.06. The molecule has 0 atom stereocenters. The van der Waals surface area contributed by atoms with Crippen molar-refractivity contribution in [2.45, 2.75) is 6.42 Å². The van der Waals surface area contributed by atoms with Crippen LogP contribution in [0.2, 0.25) is 0 Å². The average Bonchev–Trinajstić information content (AvgIpc) is 2.54. The Kier molecular flexibility index (Phi) is 5.27. The van der Waals surface area contributed by atoms with E-state index in [1.54, 1.807) is 21.3 Å². The normalized spacial score (nSPS) is 10.6. The van der Waals surface area contributed by atoms with Crippen molar-refractivity contribution in [1.29, 1.82) is 0 Å². The van der Waals surface area contributed by atoms with Crippen molar-refractivity contribution in [2.24, 2.45) is 0 Å². The molecule has 0 aliphatic heterocycles. The highest BCUT2D eigenvalue weighted by atomic mass is 16.5. The van der Waals surface area contributed by atoms with Crippen LogP contribution in [0.25, 0.3) is 6.08 Å². The van der Waals surface area contributed by atoms with Gasteiger partial charge in [0, 0.05) is 0 Å². The van der Waals surface area contributed by atoms with E-state index in [0.717, 1.165) is 12.0 Å². The van der Waals surface area contributed by atoms with Gasteiger partial charge in [0.05, 0.1) is 21.3 Å². The minimum atomic E-state index is 0.611. The molecule has 3 nitrogen and oxygen atoms in total. The van der Waals surface area contributed by atoms with Crippen LogP contribution in [0.3, 0.4) is 0 Å². The predicted octanol–water partition coefficient (Wildman–Crippen LogP) is 3.97. The quantitative estimate of drug-likeness (QED) is 0.803. The fraction of sp³-hybridized carbons (Fsp3) is 0.222. The molecule has 0 bridgehead atoms. The molecule has 0 fully saturated rings. The maximum absolute atomic E-state index is 5.35. The summed E-state index contributed by atoms with van der Waals surface area (Å²) in [4.78, 5) is 0. The molecule has 110 valence electrons. The minimum Gasteiger partial charge on any atom is -0.493 e. The zero-order chi connectivity index (χ0) is 15.1. The summed E-state index contributed by atoms with van der Waals surface area (Å²) in [7, 11) is 4.84. The lowest BCUT2D eigenvalue weighted by molar-refractivity contribution is 0.324. The molecule has 0 aliphatic carbocycles. The van der Waals surface area contributed by atoms with Crippen LogP contribution in [0.1, 0.15) is 11.1 Å². The smallest absolute Gasteiger partial charge is 0.203 e. The van der Waals surface area contributed by atoms with Gasteiger partial charge in [-0.05, 0) is 29.7 Å². The Hall–Kier alpha value is -2.42. The molecular formula is C18H20O3. The van der Waals surface area contributed by atoms with Gasteiger partial charge in [0.1, 0.15) is 0 Å². The standard InChI is InChI=1S/C18H20O3/c1-19-16-12-15(13-17(20-2)18(16)21-3)11-7-10-14-8-5-4-6-9-14/h4-9,11-13H,10H2,1-3H3/b11-7+. The first kappa shape index (κ1) is 15.0. The molecule has 2 aromatic carbocycles. The molecule has 0 N–H and O–H groups in total. The molecule has 2 rings (SSSR count). The van der Waals surface area contributed by atoms with Crippen molar-refractivity contribution in [3.8, 4) is 17.2 Å². The zero-order valence-corrected chi connectivity index (χ0v) is 12.6. The number of allylic oxidation sites excluding steroid dienone is 1. The monoisotopic (exact) mass is 284 g/mol. The van der Waals surface area contributed by atoms with Crippen molar-refractivity contribution in [2.75, 3.05) is 21.3 Å². The van der Waals surface area contributed by atoms with E-state index in [0.29, 0.717) is 17.2 Å². The third-order valence-electron chi connectivity index (χ3n) is 3.19. The molecule has 0 radical (unpaired) electrons. The number of hydrogen-bond acceptors (Lipinski definition) is 3. The SMILES string of the molecule is COc1cc(/C=C/Cc2ccccc2)cc(OC)c1OC. The van der Waals surface area contributed by atoms with Crippen LogP contribution in [0.5, 0.6) is 17.2 Å². The number of rotatable bonds is 6. The van der Waals surface area contributed by atoms with E-state index < -0.39 is 0 Å². The Labute approximate surface area is 125 Å². The summed E-state index contributed by atoms with van der Waals surface area (Å²) < 4.78 is 16.0. The second-order valence-electron chi connectivity index (χ2n) is 4.55. The predicted molar refractivity (Wildman–Crippen MR) is 85.3 cm³/mol. The second kappa shape index (κ2) is 7.39. The lowest BCUT2D eigenvalue weighted by atomic mass is 10.1. The molecule has 0 saturated heterocycles. The summed E-state index contributed by atoms with van der Waals surface area (Å²) in [5.74, 6) is 1.94. The lowest BCUT2D eigenvalue weighted by Crippen LogP contribution is -1.95. The highest BCUT2D eigenvalue weighted by molar-refractivity contribution is 5.62. The highest BCUT2D eigenvalue weighted by Crippen LogP contribution is 2.38. The minimum absolute atomic E-state index is 0.611. The van der Waals surface area contributed by atoms with Gasteiger partial charge in [0.25, 0.3) is 0 Å². The van der Waals surface area contributed by atoms with Crippen molar-refractivity contribution in [3.05, 3.63) is 59.7 Å². The maximum atomic E-state index is 5.35. The summed E-state index contributed by atoms with van der Waals surface area (Å²) in [6.45, 7) is 0. The summed E-state index contributed by atoms with van der Waals surface area (Å²) in [5, 5.41) is 0. The van der Waals surface area contributed by atoms with Gasteiger partial charge in [0.2, 0.25) is 5.75 Å². The van der Waals surface area contributed by atoms with Crippen molar-refractivity contribution in [1.82, 2.24) is 0 Å². The molecule has 0 saturated carbocycles. The van der Waals surface area contributed by atoms with Crippen LogP contribution in [-0.2, 0) is 6.42 Å². The van der Waals surface area contributed by atoms with Gasteiger partial charge < -0.3 is 14.2 Å². The van der Waals surface area contributed by atoms with Gasteiger partial charge in [0.15, 0.2) is 11.5 Å². The Balaban J connectivity index is 2.20. The fourth-order valence-electron chi connectivity index (χ4n) is 2.14. The van der Waals surface area contributed by atoms with E-state index in [1.807, 2.05) is 30.3 Å². The van der Waals surface area contributed by atoms with Gasteiger partial charge in [-0.15, -0.1) is 0 Å². The molecule has 0 heterocycles. The third-order valence-corrected chi connectivity index (χ3v) is 3.19. The number of ether oxygens (including phenoxy) is 3. The first-order valence-corrected chi connectivity index (χ1v) is 6.79. The van der Waals surface area contributed by atoms with E-state index in [2.05, 4.69) is 24.3 Å². The van der Waals surface area contributed by atoms with Gasteiger partial charge in [-0.3, -0.25) is 0 Å². The lowest BCUT2D eigenvalue weighted by Gasteiger charge is -2.12. The Bertz CT molecular complexity index is 578. The summed E-state index contributed by atoms with van der Waals surface area (Å²) >= 11 is 0. The Morgan fingerprint density at radius 3 is 2.00 bits per heavy atom. The van der Waals surface area contributed by atoms with Crippen molar-refractivity contribution in [3.63, 3.8) is 0 Å². The molecule has 0 aromatic heterocycles. The number of hydrogen-bond donors (Lipinski definition) is 0. The third kappa shape index (κ3) is 3.78. The van der Waals surface area contributed by atoms with E-state index in [9.17, 15) is 0 Å². The molecule has 0 amide bonds. The van der Waals surface area contributed by atoms with E-state index in [1.165, 1.54) is 5.56 Å². The molecule has 2 aromatic rings. The number of benzene rings is 2. The van der Waals surface area contributed by atoms with Crippen LogP contribution in [0.15, 0.2) is 48.5 Å². The molecule has 0 spiro atoms. The van der Waals surface area contributed by atoms with Crippen LogP contribution in [0.4, 0.5) is 0 Å². The topological polar surface area (TPSA) is 27.7 Å². The summed E-state index contributed by atoms with van der Waals surface area (Å²) in [5.41, 5.74) is 2.29. The fourth-order valence-corrected chi connectivity index (χ4v) is 2.14. The maximum Gasteiger partial charge on any atom is 0.203 e. The zero-order valence-electron chi connectivity index (χ0n) is 12.6. The van der Waals surface area contributed by atoms with Crippen LogP contribution in [0, 0.1) is 0 Å². The first-order valence-electron chi connectivity index (χ1n) is 6.79. The number of methoxy groups -OCH3 is 3. The molecule has 21 heavy (non-hydrogen) atoms.